The van der Waals surface area contributed by atoms with E-state index >= 15 is 0 Å². The van der Waals surface area contributed by atoms with Crippen LogP contribution in [0.15, 0.2) is 12.1 Å². The zero-order valence-corrected chi connectivity index (χ0v) is 14.1. The van der Waals surface area contributed by atoms with Crippen molar-refractivity contribution in [3.63, 3.8) is 0 Å². The highest BCUT2D eigenvalue weighted by molar-refractivity contribution is 6.35. The Morgan fingerprint density at radius 2 is 2.14 bits per heavy atom. The Bertz CT molecular complexity index is 460. The summed E-state index contributed by atoms with van der Waals surface area (Å²) in [6, 6.07) is 4.01. The molecule has 118 valence electrons. The molecule has 1 saturated heterocycles. The van der Waals surface area contributed by atoms with E-state index in [0.29, 0.717) is 35.0 Å². The van der Waals surface area contributed by atoms with Gasteiger partial charge >= 0.3 is 0 Å². The smallest absolute Gasteiger partial charge is 0.142 e. The third-order valence-corrected chi connectivity index (χ3v) is 3.97. The third kappa shape index (κ3) is 5.33. The first kappa shape index (κ1) is 16.9. The number of rotatable bonds is 6. The topological polar surface area (TPSA) is 30.5 Å². The minimum atomic E-state index is 0.163. The van der Waals surface area contributed by atoms with Gasteiger partial charge in [-0.25, -0.2) is 0 Å². The van der Waals surface area contributed by atoms with E-state index in [0.717, 1.165) is 25.0 Å². The van der Waals surface area contributed by atoms with Crippen LogP contribution in [0.3, 0.4) is 0 Å². The van der Waals surface area contributed by atoms with Crippen LogP contribution in [0.25, 0.3) is 0 Å². The van der Waals surface area contributed by atoms with E-state index in [1.54, 1.807) is 6.07 Å². The predicted octanol–water partition coefficient (Wildman–Crippen LogP) is 4.44. The Kier molecular flexibility index (Phi) is 6.62. The molecule has 1 aliphatic rings. The summed E-state index contributed by atoms with van der Waals surface area (Å²) in [6.45, 7) is 6.24. The summed E-state index contributed by atoms with van der Waals surface area (Å²) in [5, 5.41) is 4.55. The second-order valence-corrected chi connectivity index (χ2v) is 6.55. The van der Waals surface area contributed by atoms with Gasteiger partial charge in [-0.15, -0.1) is 0 Å². The first-order chi connectivity index (χ1) is 10.1. The van der Waals surface area contributed by atoms with Crippen molar-refractivity contribution in [1.82, 2.24) is 5.32 Å². The Morgan fingerprint density at radius 1 is 1.33 bits per heavy atom. The lowest BCUT2D eigenvalue weighted by Crippen LogP contribution is -2.27. The fraction of sp³-hybridized carbons (Fsp3) is 0.625. The van der Waals surface area contributed by atoms with E-state index in [1.807, 2.05) is 6.07 Å². The third-order valence-electron chi connectivity index (χ3n) is 3.47. The number of ether oxygens (including phenoxy) is 2. The van der Waals surface area contributed by atoms with Gasteiger partial charge in [-0.1, -0.05) is 37.0 Å². The van der Waals surface area contributed by atoms with Crippen molar-refractivity contribution in [2.75, 3.05) is 13.2 Å². The molecule has 21 heavy (non-hydrogen) atoms. The van der Waals surface area contributed by atoms with Crippen LogP contribution in [-0.2, 0) is 11.3 Å². The van der Waals surface area contributed by atoms with Crippen LogP contribution >= 0.6 is 23.2 Å². The van der Waals surface area contributed by atoms with E-state index in [4.69, 9.17) is 32.7 Å². The molecule has 5 heteroatoms. The Balaban J connectivity index is 2.04. The summed E-state index contributed by atoms with van der Waals surface area (Å²) < 4.78 is 11.6. The monoisotopic (exact) mass is 331 g/mol. The Morgan fingerprint density at radius 3 is 2.81 bits per heavy atom. The first-order valence-corrected chi connectivity index (χ1v) is 8.27. The van der Waals surface area contributed by atoms with E-state index in [-0.39, 0.29) is 6.10 Å². The van der Waals surface area contributed by atoms with Crippen LogP contribution in [0.2, 0.25) is 10.0 Å². The molecular weight excluding hydrogens is 309 g/mol. The molecule has 1 aromatic carbocycles. The average molecular weight is 332 g/mol. The summed E-state index contributed by atoms with van der Waals surface area (Å²) in [4.78, 5) is 0. The zero-order chi connectivity index (χ0) is 15.2. The normalized spacial score (nSPS) is 19.0. The van der Waals surface area contributed by atoms with Gasteiger partial charge in [0.2, 0.25) is 0 Å². The Labute approximate surface area is 136 Å². The van der Waals surface area contributed by atoms with Crippen LogP contribution in [0.1, 0.15) is 38.7 Å². The average Bonchev–Trinajstić information content (AvgIpc) is 2.45. The molecule has 0 amide bonds. The van der Waals surface area contributed by atoms with Gasteiger partial charge in [0, 0.05) is 29.8 Å². The molecule has 1 unspecified atom stereocenters. The number of halogens is 2. The molecule has 1 aliphatic heterocycles. The van der Waals surface area contributed by atoms with Gasteiger partial charge in [-0.3, -0.25) is 0 Å². The highest BCUT2D eigenvalue weighted by Gasteiger charge is 2.17. The van der Waals surface area contributed by atoms with Crippen molar-refractivity contribution < 1.29 is 9.47 Å². The second kappa shape index (κ2) is 8.23. The van der Waals surface area contributed by atoms with Crippen LogP contribution in [0.5, 0.6) is 5.75 Å². The molecule has 2 rings (SSSR count). The largest absolute Gasteiger partial charge is 0.489 e. The molecule has 1 fully saturated rings. The molecule has 1 heterocycles. The summed E-state index contributed by atoms with van der Waals surface area (Å²) in [5.74, 6) is 0.711. The van der Waals surface area contributed by atoms with Crippen molar-refractivity contribution in [2.45, 2.75) is 51.8 Å². The molecule has 0 radical (unpaired) electrons. The molecule has 1 atom stereocenters. The van der Waals surface area contributed by atoms with Crippen LogP contribution in [0, 0.1) is 0 Å². The molecule has 0 aromatic heterocycles. The molecule has 0 bridgehead atoms. The number of nitrogens with one attached hydrogen (secondary N) is 1. The minimum absolute atomic E-state index is 0.163. The van der Waals surface area contributed by atoms with Crippen molar-refractivity contribution in [2.24, 2.45) is 0 Å². The lowest BCUT2D eigenvalue weighted by atomic mass is 10.1. The van der Waals surface area contributed by atoms with Gasteiger partial charge in [0.25, 0.3) is 0 Å². The van der Waals surface area contributed by atoms with Gasteiger partial charge in [0.05, 0.1) is 11.1 Å². The van der Waals surface area contributed by atoms with Crippen LogP contribution in [-0.4, -0.2) is 25.4 Å². The maximum atomic E-state index is 6.29. The highest BCUT2D eigenvalue weighted by atomic mass is 35.5. The van der Waals surface area contributed by atoms with Crippen molar-refractivity contribution >= 4 is 23.2 Å². The second-order valence-electron chi connectivity index (χ2n) is 5.71. The van der Waals surface area contributed by atoms with Crippen molar-refractivity contribution in [1.29, 1.82) is 0 Å². The molecular formula is C16H23Cl2NO2. The predicted molar refractivity (Wildman–Crippen MR) is 87.5 cm³/mol. The minimum Gasteiger partial charge on any atom is -0.489 e. The van der Waals surface area contributed by atoms with Crippen LogP contribution < -0.4 is 10.1 Å². The quantitative estimate of drug-likeness (QED) is 0.835. The van der Waals surface area contributed by atoms with Crippen molar-refractivity contribution in [3.8, 4) is 5.75 Å². The van der Waals surface area contributed by atoms with Gasteiger partial charge in [0.15, 0.2) is 0 Å². The molecule has 1 N–H and O–H groups in total. The first-order valence-electron chi connectivity index (χ1n) is 7.52. The van der Waals surface area contributed by atoms with E-state index in [2.05, 4.69) is 19.2 Å². The fourth-order valence-corrected chi connectivity index (χ4v) is 2.93. The standard InChI is InChI=1S/C16H23Cl2NO2/c1-11(2)19-9-12-7-13(17)8-15(18)16(12)21-10-14-5-3-4-6-20-14/h7-8,11,14,19H,3-6,9-10H2,1-2H3. The molecule has 0 spiro atoms. The van der Waals surface area contributed by atoms with Gasteiger partial charge in [0.1, 0.15) is 12.4 Å². The maximum absolute atomic E-state index is 6.29. The van der Waals surface area contributed by atoms with Gasteiger partial charge < -0.3 is 14.8 Å². The van der Waals surface area contributed by atoms with Crippen molar-refractivity contribution in [3.05, 3.63) is 27.7 Å². The lowest BCUT2D eigenvalue weighted by Gasteiger charge is -2.24. The highest BCUT2D eigenvalue weighted by Crippen LogP contribution is 2.33. The lowest BCUT2D eigenvalue weighted by molar-refractivity contribution is -0.0112. The summed E-state index contributed by atoms with van der Waals surface area (Å²) >= 11 is 12.4. The zero-order valence-electron chi connectivity index (χ0n) is 12.6. The van der Waals surface area contributed by atoms with Gasteiger partial charge in [-0.2, -0.15) is 0 Å². The van der Waals surface area contributed by atoms with E-state index in [1.165, 1.54) is 6.42 Å². The summed E-state index contributed by atoms with van der Waals surface area (Å²) in [6.07, 6.45) is 3.55. The van der Waals surface area contributed by atoms with E-state index < -0.39 is 0 Å². The van der Waals surface area contributed by atoms with Gasteiger partial charge in [-0.05, 0) is 31.4 Å². The fourth-order valence-electron chi connectivity index (χ4n) is 2.34. The molecule has 0 aliphatic carbocycles. The number of hydrogen-bond donors (Lipinski definition) is 1. The number of benzene rings is 1. The number of hydrogen-bond acceptors (Lipinski definition) is 3. The molecule has 0 saturated carbocycles. The SMILES string of the molecule is CC(C)NCc1cc(Cl)cc(Cl)c1OCC1CCCCO1. The maximum Gasteiger partial charge on any atom is 0.142 e. The molecule has 3 nitrogen and oxygen atoms in total. The molecule has 1 aromatic rings. The Hall–Kier alpha value is -0.480. The van der Waals surface area contributed by atoms with E-state index in [9.17, 15) is 0 Å². The van der Waals surface area contributed by atoms with Crippen LogP contribution in [0.4, 0.5) is 0 Å². The summed E-state index contributed by atoms with van der Waals surface area (Å²) in [5.41, 5.74) is 0.983. The summed E-state index contributed by atoms with van der Waals surface area (Å²) in [7, 11) is 0.